The van der Waals surface area contributed by atoms with Gasteiger partial charge >= 0.3 is 5.97 Å². The molecule has 4 rings (SSSR count). The fourth-order valence-electron chi connectivity index (χ4n) is 6.43. The summed E-state index contributed by atoms with van der Waals surface area (Å²) >= 11 is 0. The van der Waals surface area contributed by atoms with Gasteiger partial charge in [0.05, 0.1) is 24.3 Å². The zero-order chi connectivity index (χ0) is 19.9. The Bertz CT molecular complexity index is 703. The Kier molecular flexibility index (Phi) is 5.12. The maximum absolute atomic E-state index is 12.1. The van der Waals surface area contributed by atoms with Gasteiger partial charge in [0.2, 0.25) is 6.41 Å². The van der Waals surface area contributed by atoms with E-state index in [1.807, 2.05) is 6.08 Å². The molecule has 1 amide bonds. The first-order chi connectivity index (χ1) is 13.4. The summed E-state index contributed by atoms with van der Waals surface area (Å²) < 4.78 is 16.8. The van der Waals surface area contributed by atoms with E-state index in [1.165, 1.54) is 5.57 Å². The van der Waals surface area contributed by atoms with Crippen LogP contribution in [-0.2, 0) is 23.8 Å². The summed E-state index contributed by atoms with van der Waals surface area (Å²) in [5.41, 5.74) is 1.94. The fraction of sp³-hybridized carbons (Fsp3) is 0.727. The van der Waals surface area contributed by atoms with Crippen LogP contribution in [0.15, 0.2) is 23.8 Å². The molecule has 2 aliphatic carbocycles. The summed E-state index contributed by atoms with van der Waals surface area (Å²) in [4.78, 5) is 22.9. The van der Waals surface area contributed by atoms with E-state index >= 15 is 0 Å². The minimum absolute atomic E-state index is 0.0191. The highest BCUT2D eigenvalue weighted by Gasteiger charge is 2.59. The highest BCUT2D eigenvalue weighted by atomic mass is 16.7. The lowest BCUT2D eigenvalue weighted by Crippen LogP contribution is -2.60. The van der Waals surface area contributed by atoms with E-state index in [2.05, 4.69) is 25.7 Å². The van der Waals surface area contributed by atoms with Crippen molar-refractivity contribution in [3.8, 4) is 0 Å². The minimum atomic E-state index is -0.348. The zero-order valence-electron chi connectivity index (χ0n) is 16.9. The number of carbonyl (C=O) groups excluding carboxylic acids is 2. The molecule has 6 nitrogen and oxygen atoms in total. The first kappa shape index (κ1) is 19.6. The number of allylic oxidation sites excluding steroid dienone is 2. The summed E-state index contributed by atoms with van der Waals surface area (Å²) in [5, 5.41) is 2.68. The van der Waals surface area contributed by atoms with E-state index in [-0.39, 0.29) is 35.6 Å². The van der Waals surface area contributed by atoms with Gasteiger partial charge in [-0.15, -0.1) is 0 Å². The molecule has 4 aliphatic rings. The molecule has 2 aliphatic heterocycles. The molecule has 28 heavy (non-hydrogen) atoms. The van der Waals surface area contributed by atoms with Crippen LogP contribution in [0.2, 0.25) is 0 Å². The van der Waals surface area contributed by atoms with Crippen molar-refractivity contribution in [3.05, 3.63) is 23.8 Å². The van der Waals surface area contributed by atoms with Gasteiger partial charge in [0.15, 0.2) is 0 Å². The van der Waals surface area contributed by atoms with Crippen LogP contribution in [0.4, 0.5) is 0 Å². The molecule has 4 fully saturated rings. The molecule has 154 valence electrons. The van der Waals surface area contributed by atoms with Gasteiger partial charge in [0, 0.05) is 5.41 Å². The summed E-state index contributed by atoms with van der Waals surface area (Å²) in [6.07, 6.45) is 7.84. The van der Waals surface area contributed by atoms with Crippen LogP contribution < -0.4 is 5.32 Å². The number of nitrogens with one attached hydrogen (secondary N) is 1. The number of hydrogen-bond acceptors (Lipinski definition) is 5. The summed E-state index contributed by atoms with van der Waals surface area (Å²) in [5.74, 6) is 0.461. The highest BCUT2D eigenvalue weighted by molar-refractivity contribution is 5.92. The van der Waals surface area contributed by atoms with Crippen LogP contribution in [0.3, 0.4) is 0 Å². The second kappa shape index (κ2) is 7.30. The summed E-state index contributed by atoms with van der Waals surface area (Å²) in [6, 6.07) is -0.348. The molecule has 0 bridgehead atoms. The van der Waals surface area contributed by atoms with E-state index < -0.39 is 0 Å². The van der Waals surface area contributed by atoms with Crippen LogP contribution in [0.1, 0.15) is 46.0 Å². The maximum atomic E-state index is 12.1. The van der Waals surface area contributed by atoms with E-state index in [9.17, 15) is 9.59 Å². The molecule has 0 radical (unpaired) electrons. The standard InChI is InChI=1S/C22H31NO5/c1-14-4-7-18-21(2,9-8-19-22(18,3)11-26-13-28-19)16(14)6-5-15-17(23-12-24)10-27-20(15)25/h5,12,16-19H,1,4,6-11,13H2,2-3H3,(H,23,24)/b15-5+/t16-,17?,18+,19-,21+,22+/m1/s1. The van der Waals surface area contributed by atoms with Gasteiger partial charge in [-0.25, -0.2) is 4.79 Å². The molecular weight excluding hydrogens is 358 g/mol. The van der Waals surface area contributed by atoms with E-state index in [4.69, 9.17) is 14.2 Å². The first-order valence-electron chi connectivity index (χ1n) is 10.3. The average Bonchev–Trinajstić information content (AvgIpc) is 3.00. The van der Waals surface area contributed by atoms with Gasteiger partial charge < -0.3 is 19.5 Å². The van der Waals surface area contributed by atoms with Crippen LogP contribution in [0.25, 0.3) is 0 Å². The van der Waals surface area contributed by atoms with Crippen molar-refractivity contribution < 1.29 is 23.8 Å². The number of hydrogen-bond donors (Lipinski definition) is 1. The molecule has 0 aromatic rings. The van der Waals surface area contributed by atoms with E-state index in [1.54, 1.807) is 0 Å². The predicted octanol–water partition coefficient (Wildman–Crippen LogP) is 2.74. The van der Waals surface area contributed by atoms with Gasteiger partial charge in [-0.3, -0.25) is 4.79 Å². The molecule has 2 heterocycles. The summed E-state index contributed by atoms with van der Waals surface area (Å²) in [6.45, 7) is 10.5. The van der Waals surface area contributed by atoms with Crippen LogP contribution in [0.5, 0.6) is 0 Å². The number of ether oxygens (including phenoxy) is 3. The molecule has 6 atom stereocenters. The monoisotopic (exact) mass is 389 g/mol. The van der Waals surface area contributed by atoms with Gasteiger partial charge in [0.1, 0.15) is 13.4 Å². The molecular formula is C22H31NO5. The lowest BCUT2D eigenvalue weighted by atomic mass is 9.46. The van der Waals surface area contributed by atoms with Crippen molar-refractivity contribution in [2.45, 2.75) is 58.1 Å². The number of esters is 1. The molecule has 2 saturated carbocycles. The maximum Gasteiger partial charge on any atom is 0.336 e. The van der Waals surface area contributed by atoms with Gasteiger partial charge in [0.25, 0.3) is 0 Å². The number of carbonyl (C=O) groups is 2. The van der Waals surface area contributed by atoms with Crippen molar-refractivity contribution in [3.63, 3.8) is 0 Å². The smallest absolute Gasteiger partial charge is 0.336 e. The molecule has 0 aromatic carbocycles. The van der Waals surface area contributed by atoms with Crippen LogP contribution in [-0.4, -0.2) is 44.5 Å². The molecule has 1 N–H and O–H groups in total. The highest BCUT2D eigenvalue weighted by Crippen LogP contribution is 2.62. The molecule has 0 aromatic heterocycles. The van der Waals surface area contributed by atoms with Crippen molar-refractivity contribution in [2.24, 2.45) is 22.7 Å². The Labute approximate surface area is 166 Å². The SMILES string of the molecule is C=C1CC[C@@H]2[C@]3(C)COCO[C@@H]3CC[C@@]2(C)[C@@H]1C/C=C1/C(=O)OCC1NC=O. The number of cyclic esters (lactones) is 1. The van der Waals surface area contributed by atoms with Crippen molar-refractivity contribution in [1.82, 2.24) is 5.32 Å². The second-order valence-corrected chi connectivity index (χ2v) is 9.30. The average molecular weight is 389 g/mol. The topological polar surface area (TPSA) is 73.9 Å². The zero-order valence-corrected chi connectivity index (χ0v) is 16.9. The van der Waals surface area contributed by atoms with E-state index in [0.717, 1.165) is 38.7 Å². The van der Waals surface area contributed by atoms with E-state index in [0.29, 0.717) is 30.6 Å². The molecule has 6 heteroatoms. The number of rotatable bonds is 4. The number of fused-ring (bicyclic) bond motifs is 3. The van der Waals surface area contributed by atoms with Crippen molar-refractivity contribution in [2.75, 3.05) is 20.0 Å². The Morgan fingerprint density at radius 3 is 2.89 bits per heavy atom. The third-order valence-electron chi connectivity index (χ3n) is 7.92. The summed E-state index contributed by atoms with van der Waals surface area (Å²) in [7, 11) is 0. The predicted molar refractivity (Wildman–Crippen MR) is 103 cm³/mol. The number of amides is 1. The lowest BCUT2D eigenvalue weighted by Gasteiger charge is -2.61. The van der Waals surface area contributed by atoms with Crippen LogP contribution >= 0.6 is 0 Å². The van der Waals surface area contributed by atoms with Gasteiger partial charge in [-0.05, 0) is 49.4 Å². The Balaban J connectivity index is 1.60. The quantitative estimate of drug-likeness (QED) is 0.346. The van der Waals surface area contributed by atoms with Crippen molar-refractivity contribution >= 4 is 12.4 Å². The molecule has 0 spiro atoms. The Morgan fingerprint density at radius 2 is 2.11 bits per heavy atom. The first-order valence-corrected chi connectivity index (χ1v) is 10.3. The minimum Gasteiger partial charge on any atom is -0.460 e. The largest absolute Gasteiger partial charge is 0.460 e. The normalized spacial score (nSPS) is 44.6. The van der Waals surface area contributed by atoms with Gasteiger partial charge in [-0.2, -0.15) is 0 Å². The second-order valence-electron chi connectivity index (χ2n) is 9.30. The Hall–Kier alpha value is -1.66. The third-order valence-corrected chi connectivity index (χ3v) is 7.92. The van der Waals surface area contributed by atoms with Crippen LogP contribution in [0, 0.1) is 22.7 Å². The Morgan fingerprint density at radius 1 is 1.29 bits per heavy atom. The molecule has 1 unspecified atom stereocenters. The third kappa shape index (κ3) is 3.01. The lowest BCUT2D eigenvalue weighted by molar-refractivity contribution is -0.259. The molecule has 2 saturated heterocycles. The van der Waals surface area contributed by atoms with Crippen molar-refractivity contribution in [1.29, 1.82) is 0 Å². The van der Waals surface area contributed by atoms with Gasteiger partial charge in [-0.1, -0.05) is 32.1 Å². The fourth-order valence-corrected chi connectivity index (χ4v) is 6.43.